The van der Waals surface area contributed by atoms with Crippen molar-refractivity contribution < 1.29 is 14.7 Å². The van der Waals surface area contributed by atoms with E-state index in [2.05, 4.69) is 0 Å². The molecule has 3 unspecified atom stereocenters. The van der Waals surface area contributed by atoms with Crippen molar-refractivity contribution in [1.29, 1.82) is 0 Å². The number of hydrogen-bond donors (Lipinski definition) is 2. The summed E-state index contributed by atoms with van der Waals surface area (Å²) >= 11 is 0. The third kappa shape index (κ3) is 2.60. The number of carbonyl (C=O) groups excluding carboxylic acids is 1. The highest BCUT2D eigenvalue weighted by molar-refractivity contribution is 5.81. The number of rotatable bonds is 2. The number of likely N-dealkylation sites (tertiary alicyclic amines) is 1. The molecule has 2 aliphatic rings. The number of carboxylic acids is 1. The Labute approximate surface area is 101 Å². The Hall–Kier alpha value is -1.10. The van der Waals surface area contributed by atoms with Crippen LogP contribution in [-0.2, 0) is 9.59 Å². The topological polar surface area (TPSA) is 83.6 Å². The van der Waals surface area contributed by atoms with Gasteiger partial charge in [-0.25, -0.2) is 0 Å². The van der Waals surface area contributed by atoms with Crippen molar-refractivity contribution in [3.8, 4) is 0 Å². The quantitative estimate of drug-likeness (QED) is 0.733. The average Bonchev–Trinajstić information content (AvgIpc) is 2.74. The first-order chi connectivity index (χ1) is 8.09. The van der Waals surface area contributed by atoms with Crippen molar-refractivity contribution in [2.75, 3.05) is 13.1 Å². The van der Waals surface area contributed by atoms with Gasteiger partial charge in [0, 0.05) is 19.1 Å². The number of carboxylic acid groups (broad SMARTS) is 1. The molecule has 1 aliphatic carbocycles. The van der Waals surface area contributed by atoms with E-state index in [-0.39, 0.29) is 17.9 Å². The minimum Gasteiger partial charge on any atom is -0.481 e. The van der Waals surface area contributed by atoms with E-state index in [0.717, 1.165) is 25.7 Å². The fourth-order valence-corrected chi connectivity index (χ4v) is 2.91. The normalized spacial score (nSPS) is 33.7. The highest BCUT2D eigenvalue weighted by Crippen LogP contribution is 2.28. The highest BCUT2D eigenvalue weighted by Gasteiger charge is 2.36. The zero-order valence-electron chi connectivity index (χ0n) is 9.97. The maximum atomic E-state index is 12.2. The number of nitrogens with two attached hydrogens (primary N) is 1. The summed E-state index contributed by atoms with van der Waals surface area (Å²) in [7, 11) is 0. The summed E-state index contributed by atoms with van der Waals surface area (Å²) in [5.41, 5.74) is 5.92. The minimum atomic E-state index is -0.793. The Morgan fingerprint density at radius 1 is 1.18 bits per heavy atom. The maximum absolute atomic E-state index is 12.2. The lowest BCUT2D eigenvalue weighted by Crippen LogP contribution is -2.47. The van der Waals surface area contributed by atoms with Crippen LogP contribution in [-0.4, -0.2) is 41.0 Å². The monoisotopic (exact) mass is 240 g/mol. The maximum Gasteiger partial charge on any atom is 0.308 e. The molecule has 2 rings (SSSR count). The number of carbonyl (C=O) groups is 2. The number of hydrogen-bond acceptors (Lipinski definition) is 3. The van der Waals surface area contributed by atoms with Crippen LogP contribution in [0.15, 0.2) is 0 Å². The summed E-state index contributed by atoms with van der Waals surface area (Å²) in [6, 6.07) is -0.0345. The third-order valence-corrected chi connectivity index (χ3v) is 3.97. The molecule has 0 aromatic rings. The summed E-state index contributed by atoms with van der Waals surface area (Å²) < 4.78 is 0. The second-order valence-electron chi connectivity index (χ2n) is 5.16. The summed E-state index contributed by atoms with van der Waals surface area (Å²) in [5, 5.41) is 8.99. The molecule has 1 heterocycles. The zero-order valence-corrected chi connectivity index (χ0v) is 9.97. The van der Waals surface area contributed by atoms with E-state index < -0.39 is 11.9 Å². The van der Waals surface area contributed by atoms with Crippen LogP contribution in [0, 0.1) is 11.8 Å². The van der Waals surface area contributed by atoms with Gasteiger partial charge in [0.15, 0.2) is 0 Å². The average molecular weight is 240 g/mol. The molecule has 2 fully saturated rings. The van der Waals surface area contributed by atoms with Crippen LogP contribution in [0.2, 0.25) is 0 Å². The first kappa shape index (κ1) is 12.4. The van der Waals surface area contributed by atoms with Crippen LogP contribution in [0.25, 0.3) is 0 Å². The Morgan fingerprint density at radius 2 is 1.94 bits per heavy atom. The Kier molecular flexibility index (Phi) is 3.66. The van der Waals surface area contributed by atoms with Crippen molar-refractivity contribution in [2.45, 2.75) is 38.1 Å². The molecule has 0 aromatic carbocycles. The van der Waals surface area contributed by atoms with Gasteiger partial charge in [-0.15, -0.1) is 0 Å². The second kappa shape index (κ2) is 5.04. The van der Waals surface area contributed by atoms with Gasteiger partial charge in [-0.2, -0.15) is 0 Å². The summed E-state index contributed by atoms with van der Waals surface area (Å²) in [6.07, 6.45) is 4.23. The molecular formula is C12H20N2O3. The molecular weight excluding hydrogens is 220 g/mol. The Balaban J connectivity index is 1.97. The molecule has 0 bridgehead atoms. The van der Waals surface area contributed by atoms with E-state index in [1.165, 1.54) is 0 Å². The van der Waals surface area contributed by atoms with Gasteiger partial charge in [0.05, 0.1) is 11.8 Å². The van der Waals surface area contributed by atoms with Gasteiger partial charge >= 0.3 is 5.97 Å². The van der Waals surface area contributed by atoms with Crippen molar-refractivity contribution in [3.05, 3.63) is 0 Å². The van der Waals surface area contributed by atoms with Gasteiger partial charge < -0.3 is 15.7 Å². The Bertz CT molecular complexity index is 319. The molecule has 1 aliphatic heterocycles. The van der Waals surface area contributed by atoms with Crippen molar-refractivity contribution in [3.63, 3.8) is 0 Å². The molecule has 3 atom stereocenters. The summed E-state index contributed by atoms with van der Waals surface area (Å²) in [6.45, 7) is 1.04. The number of aliphatic carboxylic acids is 1. The van der Waals surface area contributed by atoms with Gasteiger partial charge in [-0.3, -0.25) is 9.59 Å². The smallest absolute Gasteiger partial charge is 0.308 e. The van der Waals surface area contributed by atoms with Crippen LogP contribution in [0.5, 0.6) is 0 Å². The van der Waals surface area contributed by atoms with E-state index in [1.54, 1.807) is 4.90 Å². The van der Waals surface area contributed by atoms with E-state index in [0.29, 0.717) is 19.5 Å². The standard InChI is InChI=1S/C12H20N2O3/c13-10-5-1-4-9(10)11(15)14-6-2-3-8(7-14)12(16)17/h8-10H,1-7,13H2,(H,16,17). The lowest BCUT2D eigenvalue weighted by molar-refractivity contribution is -0.146. The fraction of sp³-hybridized carbons (Fsp3) is 0.833. The molecule has 0 radical (unpaired) electrons. The lowest BCUT2D eigenvalue weighted by Gasteiger charge is -2.33. The predicted molar refractivity (Wildman–Crippen MR) is 62.3 cm³/mol. The largest absolute Gasteiger partial charge is 0.481 e. The third-order valence-electron chi connectivity index (χ3n) is 3.97. The molecule has 0 spiro atoms. The van der Waals surface area contributed by atoms with Crippen LogP contribution >= 0.6 is 0 Å². The first-order valence-electron chi connectivity index (χ1n) is 6.36. The number of amides is 1. The van der Waals surface area contributed by atoms with Crippen molar-refractivity contribution >= 4 is 11.9 Å². The van der Waals surface area contributed by atoms with Crippen LogP contribution in [0.4, 0.5) is 0 Å². The molecule has 1 saturated heterocycles. The molecule has 3 N–H and O–H groups in total. The molecule has 17 heavy (non-hydrogen) atoms. The van der Waals surface area contributed by atoms with Crippen LogP contribution in [0.3, 0.4) is 0 Å². The van der Waals surface area contributed by atoms with E-state index >= 15 is 0 Å². The molecule has 1 amide bonds. The van der Waals surface area contributed by atoms with Gasteiger partial charge in [-0.05, 0) is 25.7 Å². The van der Waals surface area contributed by atoms with Crippen molar-refractivity contribution in [2.24, 2.45) is 17.6 Å². The van der Waals surface area contributed by atoms with Gasteiger partial charge in [-0.1, -0.05) is 6.42 Å². The van der Waals surface area contributed by atoms with E-state index in [1.807, 2.05) is 0 Å². The molecule has 5 nitrogen and oxygen atoms in total. The lowest BCUT2D eigenvalue weighted by atomic mass is 9.95. The fourth-order valence-electron chi connectivity index (χ4n) is 2.91. The number of nitrogens with zero attached hydrogens (tertiary/aromatic N) is 1. The molecule has 0 aromatic heterocycles. The highest BCUT2D eigenvalue weighted by atomic mass is 16.4. The zero-order chi connectivity index (χ0) is 12.4. The summed E-state index contributed by atoms with van der Waals surface area (Å²) in [4.78, 5) is 24.9. The van der Waals surface area contributed by atoms with E-state index in [4.69, 9.17) is 10.8 Å². The van der Waals surface area contributed by atoms with Gasteiger partial charge in [0.1, 0.15) is 0 Å². The Morgan fingerprint density at radius 3 is 2.53 bits per heavy atom. The van der Waals surface area contributed by atoms with E-state index in [9.17, 15) is 9.59 Å². The van der Waals surface area contributed by atoms with Gasteiger partial charge in [0.2, 0.25) is 5.91 Å². The second-order valence-corrected chi connectivity index (χ2v) is 5.16. The van der Waals surface area contributed by atoms with Crippen molar-refractivity contribution in [1.82, 2.24) is 4.90 Å². The minimum absolute atomic E-state index is 0.0345. The molecule has 1 saturated carbocycles. The van der Waals surface area contributed by atoms with Gasteiger partial charge in [0.25, 0.3) is 0 Å². The van der Waals surface area contributed by atoms with Crippen LogP contribution < -0.4 is 5.73 Å². The predicted octanol–water partition coefficient (Wildman–Crippen LogP) is 0.437. The molecule has 5 heteroatoms. The number of piperidine rings is 1. The first-order valence-corrected chi connectivity index (χ1v) is 6.36. The van der Waals surface area contributed by atoms with Crippen LogP contribution in [0.1, 0.15) is 32.1 Å². The molecule has 96 valence electrons. The SMILES string of the molecule is NC1CCCC1C(=O)N1CCCC(C(=O)O)C1. The summed E-state index contributed by atoms with van der Waals surface area (Å²) in [5.74, 6) is -1.20.